The Bertz CT molecular complexity index is 1180. The summed E-state index contributed by atoms with van der Waals surface area (Å²) in [6.45, 7) is 6.49. The zero-order valence-electron chi connectivity index (χ0n) is 18.8. The van der Waals surface area contributed by atoms with E-state index in [4.69, 9.17) is 0 Å². The highest BCUT2D eigenvalue weighted by Crippen LogP contribution is 2.23. The number of aryl methyl sites for hydroxylation is 3. The van der Waals surface area contributed by atoms with Crippen LogP contribution in [0.2, 0.25) is 0 Å². The Balaban J connectivity index is 1.79. The van der Waals surface area contributed by atoms with E-state index in [1.807, 2.05) is 56.7 Å². The summed E-state index contributed by atoms with van der Waals surface area (Å²) in [5, 5.41) is 0. The van der Waals surface area contributed by atoms with Crippen LogP contribution in [-0.4, -0.2) is 48.3 Å². The van der Waals surface area contributed by atoms with Gasteiger partial charge in [0.1, 0.15) is 5.82 Å². The summed E-state index contributed by atoms with van der Waals surface area (Å²) >= 11 is 0. The predicted octanol–water partition coefficient (Wildman–Crippen LogP) is 3.51. The van der Waals surface area contributed by atoms with Gasteiger partial charge in [-0.3, -0.25) is 4.79 Å². The van der Waals surface area contributed by atoms with E-state index in [2.05, 4.69) is 4.98 Å². The molecule has 0 radical (unpaired) electrons. The van der Waals surface area contributed by atoms with E-state index in [9.17, 15) is 13.2 Å². The SMILES string of the molecule is CCN(CC)S(=O)(=O)c1ccc2c(c1)nc(CCC(=O)N(C)c1ccc(C)cc1)n2C. The van der Waals surface area contributed by atoms with Gasteiger partial charge in [-0.2, -0.15) is 4.31 Å². The zero-order valence-corrected chi connectivity index (χ0v) is 19.6. The van der Waals surface area contributed by atoms with Crippen molar-refractivity contribution in [3.63, 3.8) is 0 Å². The average molecular weight is 443 g/mol. The molecule has 1 heterocycles. The minimum Gasteiger partial charge on any atom is -0.331 e. The van der Waals surface area contributed by atoms with Gasteiger partial charge in [-0.25, -0.2) is 13.4 Å². The lowest BCUT2D eigenvalue weighted by Crippen LogP contribution is -2.30. The largest absolute Gasteiger partial charge is 0.331 e. The van der Waals surface area contributed by atoms with Gasteiger partial charge < -0.3 is 9.47 Å². The molecule has 1 aromatic heterocycles. The molecule has 31 heavy (non-hydrogen) atoms. The molecule has 8 heteroatoms. The normalized spacial score (nSPS) is 11.9. The molecule has 166 valence electrons. The Kier molecular flexibility index (Phi) is 6.81. The second-order valence-corrected chi connectivity index (χ2v) is 9.55. The highest BCUT2D eigenvalue weighted by Gasteiger charge is 2.23. The van der Waals surface area contributed by atoms with Gasteiger partial charge in [-0.1, -0.05) is 31.5 Å². The van der Waals surface area contributed by atoms with Gasteiger partial charge >= 0.3 is 0 Å². The Morgan fingerprint density at radius 3 is 2.32 bits per heavy atom. The zero-order chi connectivity index (χ0) is 22.8. The molecule has 0 spiro atoms. The quantitative estimate of drug-likeness (QED) is 0.535. The van der Waals surface area contributed by atoms with Gasteiger partial charge in [-0.05, 0) is 37.3 Å². The molecule has 3 rings (SSSR count). The van der Waals surface area contributed by atoms with Crippen molar-refractivity contribution in [3.05, 3.63) is 53.9 Å². The van der Waals surface area contributed by atoms with E-state index in [0.717, 1.165) is 22.6 Å². The molecular weight excluding hydrogens is 412 g/mol. The van der Waals surface area contributed by atoms with E-state index >= 15 is 0 Å². The lowest BCUT2D eigenvalue weighted by Gasteiger charge is -2.18. The van der Waals surface area contributed by atoms with Gasteiger partial charge in [0.25, 0.3) is 0 Å². The van der Waals surface area contributed by atoms with Crippen LogP contribution in [0, 0.1) is 6.92 Å². The van der Waals surface area contributed by atoms with E-state index in [-0.39, 0.29) is 10.8 Å². The lowest BCUT2D eigenvalue weighted by atomic mass is 10.2. The predicted molar refractivity (Wildman–Crippen MR) is 124 cm³/mol. The summed E-state index contributed by atoms with van der Waals surface area (Å²) in [5.74, 6) is 0.749. The summed E-state index contributed by atoms with van der Waals surface area (Å²) in [6.07, 6.45) is 0.782. The van der Waals surface area contributed by atoms with Crippen molar-refractivity contribution in [2.75, 3.05) is 25.0 Å². The summed E-state index contributed by atoms with van der Waals surface area (Å²) in [6, 6.07) is 12.8. The van der Waals surface area contributed by atoms with Crippen molar-refractivity contribution in [2.45, 2.75) is 38.5 Å². The fourth-order valence-corrected chi connectivity index (χ4v) is 5.10. The third kappa shape index (κ3) is 4.65. The first-order valence-corrected chi connectivity index (χ1v) is 11.9. The maximum Gasteiger partial charge on any atom is 0.243 e. The van der Waals surface area contributed by atoms with Crippen molar-refractivity contribution in [1.29, 1.82) is 0 Å². The third-order valence-corrected chi connectivity index (χ3v) is 7.69. The minimum atomic E-state index is -3.54. The van der Waals surface area contributed by atoms with Crippen LogP contribution in [0.3, 0.4) is 0 Å². The Morgan fingerprint density at radius 2 is 1.71 bits per heavy atom. The molecule has 7 nitrogen and oxygen atoms in total. The molecular formula is C23H30N4O3S. The first-order chi connectivity index (χ1) is 14.7. The van der Waals surface area contributed by atoms with Gasteiger partial charge in [-0.15, -0.1) is 0 Å². The molecule has 2 aromatic carbocycles. The first-order valence-electron chi connectivity index (χ1n) is 10.5. The van der Waals surface area contributed by atoms with Crippen LogP contribution in [-0.2, 0) is 28.3 Å². The van der Waals surface area contributed by atoms with Crippen LogP contribution >= 0.6 is 0 Å². The lowest BCUT2D eigenvalue weighted by molar-refractivity contribution is -0.118. The highest BCUT2D eigenvalue weighted by molar-refractivity contribution is 7.89. The van der Waals surface area contributed by atoms with Crippen molar-refractivity contribution >= 4 is 32.7 Å². The molecule has 0 aliphatic rings. The third-order valence-electron chi connectivity index (χ3n) is 5.65. The van der Waals surface area contributed by atoms with Crippen molar-refractivity contribution in [2.24, 2.45) is 7.05 Å². The van der Waals surface area contributed by atoms with Crippen LogP contribution in [0.25, 0.3) is 11.0 Å². The van der Waals surface area contributed by atoms with Crippen LogP contribution in [0.1, 0.15) is 31.7 Å². The molecule has 0 N–H and O–H groups in total. The second-order valence-electron chi connectivity index (χ2n) is 7.62. The van der Waals surface area contributed by atoms with Crippen LogP contribution in [0.4, 0.5) is 5.69 Å². The number of aromatic nitrogens is 2. The Hall–Kier alpha value is -2.71. The van der Waals surface area contributed by atoms with Gasteiger partial charge in [0, 0.05) is 45.7 Å². The number of sulfonamides is 1. The van der Waals surface area contributed by atoms with Crippen molar-refractivity contribution in [1.82, 2.24) is 13.9 Å². The summed E-state index contributed by atoms with van der Waals surface area (Å²) in [7, 11) is 0.113. The molecule has 0 saturated carbocycles. The highest BCUT2D eigenvalue weighted by atomic mass is 32.2. The number of imidazole rings is 1. The monoisotopic (exact) mass is 442 g/mol. The number of nitrogens with zero attached hydrogens (tertiary/aromatic N) is 4. The van der Waals surface area contributed by atoms with E-state index < -0.39 is 10.0 Å². The van der Waals surface area contributed by atoms with Crippen LogP contribution < -0.4 is 4.90 Å². The first kappa shape index (κ1) is 23.0. The maximum atomic E-state index is 12.8. The maximum absolute atomic E-state index is 12.8. The number of anilines is 1. The van der Waals surface area contributed by atoms with E-state index in [1.165, 1.54) is 4.31 Å². The average Bonchev–Trinajstić information content (AvgIpc) is 3.07. The van der Waals surface area contributed by atoms with Gasteiger partial charge in [0.05, 0.1) is 15.9 Å². The van der Waals surface area contributed by atoms with Gasteiger partial charge in [0.15, 0.2) is 0 Å². The topological polar surface area (TPSA) is 75.5 Å². The molecule has 0 fully saturated rings. The number of amides is 1. The van der Waals surface area contributed by atoms with Crippen LogP contribution in [0.15, 0.2) is 47.4 Å². The standard InChI is InChI=1S/C23H30N4O3S/c1-6-27(7-2)31(29,30)19-12-13-21-20(16-19)24-22(26(21)5)14-15-23(28)25(4)18-10-8-17(3)9-11-18/h8-13,16H,6-7,14-15H2,1-5H3. The Morgan fingerprint density at radius 1 is 1.06 bits per heavy atom. The smallest absolute Gasteiger partial charge is 0.243 e. The number of rotatable bonds is 8. The molecule has 0 atom stereocenters. The Labute approximate surface area is 184 Å². The number of benzene rings is 2. The molecule has 3 aromatic rings. The molecule has 0 saturated heterocycles. The van der Waals surface area contributed by atoms with E-state index in [0.29, 0.717) is 31.4 Å². The second kappa shape index (κ2) is 9.20. The van der Waals surface area contributed by atoms with E-state index in [1.54, 1.807) is 30.1 Å². The fraction of sp³-hybridized carbons (Fsp3) is 0.391. The fourth-order valence-electron chi connectivity index (χ4n) is 3.62. The summed E-state index contributed by atoms with van der Waals surface area (Å²) < 4.78 is 29.0. The molecule has 0 aliphatic carbocycles. The number of hydrogen-bond acceptors (Lipinski definition) is 4. The van der Waals surface area contributed by atoms with Crippen molar-refractivity contribution < 1.29 is 13.2 Å². The minimum absolute atomic E-state index is 0.000657. The number of carbonyl (C=O) groups is 1. The number of carbonyl (C=O) groups excluding carboxylic acids is 1. The molecule has 1 amide bonds. The van der Waals surface area contributed by atoms with Crippen molar-refractivity contribution in [3.8, 4) is 0 Å². The molecule has 0 unspecified atom stereocenters. The summed E-state index contributed by atoms with van der Waals surface area (Å²) in [4.78, 5) is 19.2. The molecule has 0 bridgehead atoms. The molecule has 0 aliphatic heterocycles. The van der Waals surface area contributed by atoms with Crippen LogP contribution in [0.5, 0.6) is 0 Å². The van der Waals surface area contributed by atoms with Gasteiger partial charge in [0.2, 0.25) is 15.9 Å². The number of hydrogen-bond donors (Lipinski definition) is 0. The number of fused-ring (bicyclic) bond motifs is 1. The summed E-state index contributed by atoms with van der Waals surface area (Å²) in [5.41, 5.74) is 3.46.